The number of benzene rings is 1. The number of nitrogen functional groups attached to an aromatic ring is 1. The van der Waals surface area contributed by atoms with Gasteiger partial charge in [-0.3, -0.25) is 0 Å². The Kier molecular flexibility index (Phi) is 3.62. The van der Waals surface area contributed by atoms with Gasteiger partial charge in [-0.2, -0.15) is 0 Å². The maximum atomic E-state index is 11.7. The van der Waals surface area contributed by atoms with Gasteiger partial charge in [0.1, 0.15) is 4.88 Å². The number of hydrogen-bond acceptors (Lipinski definition) is 4. The quantitative estimate of drug-likeness (QED) is 0.850. The predicted octanol–water partition coefficient (Wildman–Crippen LogP) is 3.71. The lowest BCUT2D eigenvalue weighted by Crippen LogP contribution is -2.02. The number of hydrogen-bond donors (Lipinski definition) is 1. The van der Waals surface area contributed by atoms with Crippen molar-refractivity contribution in [2.75, 3.05) is 12.8 Å². The molecule has 2 aromatic rings. The minimum absolute atomic E-state index is 0.374. The van der Waals surface area contributed by atoms with Crippen LogP contribution >= 0.6 is 11.3 Å². The second kappa shape index (κ2) is 5.05. The minimum Gasteiger partial charge on any atom is -0.465 e. The van der Waals surface area contributed by atoms with Gasteiger partial charge in [0, 0.05) is 10.4 Å². The SMILES string of the molecule is COC(=O)c1sc(C)c(-c2ccc(C)c(C)c2)c1N. The standard InChI is InChI=1S/C15H17NO2S/c1-8-5-6-11(7-9(8)2)12-10(3)19-14(13(12)16)15(17)18-4/h5-7H,16H2,1-4H3. The molecule has 0 spiro atoms. The molecule has 0 aliphatic heterocycles. The maximum absolute atomic E-state index is 11.7. The number of ether oxygens (including phenoxy) is 1. The topological polar surface area (TPSA) is 52.3 Å². The van der Waals surface area contributed by atoms with E-state index in [1.54, 1.807) is 0 Å². The third kappa shape index (κ3) is 2.36. The molecular weight excluding hydrogens is 258 g/mol. The van der Waals surface area contributed by atoms with Gasteiger partial charge in [0.2, 0.25) is 0 Å². The molecule has 1 aromatic carbocycles. The van der Waals surface area contributed by atoms with Gasteiger partial charge in [-0.15, -0.1) is 11.3 Å². The number of methoxy groups -OCH3 is 1. The van der Waals surface area contributed by atoms with Crippen LogP contribution in [0.2, 0.25) is 0 Å². The van der Waals surface area contributed by atoms with E-state index in [0.717, 1.165) is 16.0 Å². The smallest absolute Gasteiger partial charge is 0.350 e. The molecule has 19 heavy (non-hydrogen) atoms. The number of thiophene rings is 1. The van der Waals surface area contributed by atoms with Crippen molar-refractivity contribution < 1.29 is 9.53 Å². The van der Waals surface area contributed by atoms with Crippen LogP contribution in [0.1, 0.15) is 25.7 Å². The molecule has 0 amide bonds. The van der Waals surface area contributed by atoms with Gasteiger partial charge >= 0.3 is 5.97 Å². The normalized spacial score (nSPS) is 10.5. The fraction of sp³-hybridized carbons (Fsp3) is 0.267. The molecule has 0 aliphatic rings. The summed E-state index contributed by atoms with van der Waals surface area (Å²) in [7, 11) is 1.37. The molecule has 0 unspecified atom stereocenters. The van der Waals surface area contributed by atoms with Gasteiger partial charge in [-0.25, -0.2) is 4.79 Å². The summed E-state index contributed by atoms with van der Waals surface area (Å²) >= 11 is 1.38. The van der Waals surface area contributed by atoms with E-state index >= 15 is 0 Å². The van der Waals surface area contributed by atoms with Crippen molar-refractivity contribution in [3.8, 4) is 11.1 Å². The molecule has 1 aromatic heterocycles. The largest absolute Gasteiger partial charge is 0.465 e. The van der Waals surface area contributed by atoms with Crippen molar-refractivity contribution in [3.63, 3.8) is 0 Å². The molecule has 0 fully saturated rings. The second-order valence-corrected chi connectivity index (χ2v) is 5.79. The average molecular weight is 275 g/mol. The number of carbonyl (C=O) groups excluding carboxylic acids is 1. The number of esters is 1. The molecule has 0 aliphatic carbocycles. The summed E-state index contributed by atoms with van der Waals surface area (Å²) in [6, 6.07) is 6.20. The number of anilines is 1. The van der Waals surface area contributed by atoms with E-state index in [0.29, 0.717) is 10.6 Å². The summed E-state index contributed by atoms with van der Waals surface area (Å²) in [5.74, 6) is -0.374. The number of nitrogens with two attached hydrogens (primary N) is 1. The number of aryl methyl sites for hydroxylation is 3. The fourth-order valence-corrected chi connectivity index (χ4v) is 3.08. The predicted molar refractivity (Wildman–Crippen MR) is 79.7 cm³/mol. The van der Waals surface area contributed by atoms with Crippen molar-refractivity contribution in [2.24, 2.45) is 0 Å². The Morgan fingerprint density at radius 1 is 1.21 bits per heavy atom. The zero-order chi connectivity index (χ0) is 14.2. The molecule has 2 rings (SSSR count). The van der Waals surface area contributed by atoms with Crippen molar-refractivity contribution in [1.82, 2.24) is 0 Å². The Balaban J connectivity index is 2.59. The molecule has 0 saturated carbocycles. The summed E-state index contributed by atoms with van der Waals surface area (Å²) in [6.45, 7) is 6.11. The van der Waals surface area contributed by atoms with Gasteiger partial charge < -0.3 is 10.5 Å². The molecule has 100 valence electrons. The molecule has 0 bridgehead atoms. The third-order valence-corrected chi connectivity index (χ3v) is 4.39. The summed E-state index contributed by atoms with van der Waals surface area (Å²) in [5, 5.41) is 0. The number of carbonyl (C=O) groups is 1. The van der Waals surface area contributed by atoms with Crippen LogP contribution in [0.15, 0.2) is 18.2 Å². The summed E-state index contributed by atoms with van der Waals surface area (Å²) in [4.78, 5) is 13.2. The molecular formula is C15H17NO2S. The van der Waals surface area contributed by atoms with E-state index in [1.807, 2.05) is 13.0 Å². The Hall–Kier alpha value is -1.81. The van der Waals surface area contributed by atoms with E-state index in [4.69, 9.17) is 10.5 Å². The minimum atomic E-state index is -0.374. The van der Waals surface area contributed by atoms with Gasteiger partial charge in [0.05, 0.1) is 12.8 Å². The first-order valence-corrected chi connectivity index (χ1v) is 6.82. The van der Waals surface area contributed by atoms with Crippen molar-refractivity contribution in [1.29, 1.82) is 0 Å². The lowest BCUT2D eigenvalue weighted by molar-refractivity contribution is 0.0607. The van der Waals surface area contributed by atoms with Crippen LogP contribution < -0.4 is 5.73 Å². The first kappa shape index (κ1) is 13.6. The van der Waals surface area contributed by atoms with Crippen molar-refractivity contribution in [2.45, 2.75) is 20.8 Å². The van der Waals surface area contributed by atoms with Crippen molar-refractivity contribution in [3.05, 3.63) is 39.1 Å². The van der Waals surface area contributed by atoms with Gasteiger partial charge in [-0.05, 0) is 37.5 Å². The highest BCUT2D eigenvalue weighted by Crippen LogP contribution is 2.39. The molecule has 4 heteroatoms. The second-order valence-electron chi connectivity index (χ2n) is 4.57. The van der Waals surface area contributed by atoms with Crippen molar-refractivity contribution >= 4 is 23.0 Å². The van der Waals surface area contributed by atoms with Crippen LogP contribution in [-0.2, 0) is 4.74 Å². The van der Waals surface area contributed by atoms with Gasteiger partial charge in [0.15, 0.2) is 0 Å². The Morgan fingerprint density at radius 3 is 2.47 bits per heavy atom. The van der Waals surface area contributed by atoms with Crippen LogP contribution in [0.5, 0.6) is 0 Å². The van der Waals surface area contributed by atoms with E-state index in [2.05, 4.69) is 26.0 Å². The van der Waals surface area contributed by atoms with E-state index in [-0.39, 0.29) is 5.97 Å². The highest BCUT2D eigenvalue weighted by molar-refractivity contribution is 7.15. The lowest BCUT2D eigenvalue weighted by atomic mass is 10.00. The molecule has 0 atom stereocenters. The van der Waals surface area contributed by atoms with E-state index < -0.39 is 0 Å². The highest BCUT2D eigenvalue weighted by atomic mass is 32.1. The zero-order valence-corrected chi connectivity index (χ0v) is 12.4. The molecule has 3 nitrogen and oxygen atoms in total. The Labute approximate surface area is 117 Å². The lowest BCUT2D eigenvalue weighted by Gasteiger charge is -2.06. The van der Waals surface area contributed by atoms with Crippen LogP contribution in [-0.4, -0.2) is 13.1 Å². The van der Waals surface area contributed by atoms with Crippen LogP contribution in [0.4, 0.5) is 5.69 Å². The van der Waals surface area contributed by atoms with E-state index in [1.165, 1.54) is 29.6 Å². The molecule has 0 radical (unpaired) electrons. The fourth-order valence-electron chi connectivity index (χ4n) is 2.06. The molecule has 0 saturated heterocycles. The maximum Gasteiger partial charge on any atom is 0.350 e. The first-order chi connectivity index (χ1) is 8.95. The monoisotopic (exact) mass is 275 g/mol. The van der Waals surface area contributed by atoms with Gasteiger partial charge in [-0.1, -0.05) is 18.2 Å². The summed E-state index contributed by atoms with van der Waals surface area (Å²) in [6.07, 6.45) is 0. The van der Waals surface area contributed by atoms with Gasteiger partial charge in [0.25, 0.3) is 0 Å². The summed E-state index contributed by atoms with van der Waals surface area (Å²) < 4.78 is 4.76. The molecule has 2 N–H and O–H groups in total. The Morgan fingerprint density at radius 2 is 1.89 bits per heavy atom. The third-order valence-electron chi connectivity index (χ3n) is 3.29. The average Bonchev–Trinajstić information content (AvgIpc) is 2.68. The highest BCUT2D eigenvalue weighted by Gasteiger charge is 2.20. The first-order valence-electron chi connectivity index (χ1n) is 6.00. The zero-order valence-electron chi connectivity index (χ0n) is 11.5. The molecule has 1 heterocycles. The number of rotatable bonds is 2. The van der Waals surface area contributed by atoms with Crippen LogP contribution in [0, 0.1) is 20.8 Å². The van der Waals surface area contributed by atoms with E-state index in [9.17, 15) is 4.79 Å². The Bertz CT molecular complexity index is 644. The summed E-state index contributed by atoms with van der Waals surface area (Å²) in [5.41, 5.74) is 11.1. The van der Waals surface area contributed by atoms with Crippen LogP contribution in [0.25, 0.3) is 11.1 Å². The van der Waals surface area contributed by atoms with Crippen LogP contribution in [0.3, 0.4) is 0 Å².